The molecule has 0 spiro atoms. The molecule has 0 aliphatic carbocycles. The Labute approximate surface area is 188 Å². The molecule has 2 aromatic carbocycles. The lowest BCUT2D eigenvalue weighted by atomic mass is 10.2. The normalized spacial score (nSPS) is 14.1. The summed E-state index contributed by atoms with van der Waals surface area (Å²) in [5, 5.41) is 5.61. The Morgan fingerprint density at radius 3 is 2.52 bits per heavy atom. The van der Waals surface area contributed by atoms with E-state index in [1.165, 1.54) is 7.11 Å². The quantitative estimate of drug-likeness (QED) is 0.466. The molecule has 8 nitrogen and oxygen atoms in total. The van der Waals surface area contributed by atoms with Crippen LogP contribution in [0.3, 0.4) is 0 Å². The van der Waals surface area contributed by atoms with Gasteiger partial charge in [0.1, 0.15) is 17.1 Å². The molecule has 33 heavy (non-hydrogen) atoms. The van der Waals surface area contributed by atoms with Crippen molar-refractivity contribution in [3.05, 3.63) is 54.2 Å². The van der Waals surface area contributed by atoms with Crippen molar-refractivity contribution >= 4 is 34.5 Å². The fraction of sp³-hybridized carbons (Fsp3) is 0.273. The average Bonchev–Trinajstić information content (AvgIpc) is 2.81. The van der Waals surface area contributed by atoms with Crippen LogP contribution in [0.4, 0.5) is 47.7 Å². The number of benzene rings is 2. The highest BCUT2D eigenvalue weighted by Crippen LogP contribution is 2.37. The smallest absolute Gasteiger partial charge is 0.421 e. The van der Waals surface area contributed by atoms with E-state index in [0.29, 0.717) is 36.0 Å². The zero-order chi connectivity index (χ0) is 23.4. The van der Waals surface area contributed by atoms with Gasteiger partial charge in [0.15, 0.2) is 0 Å². The van der Waals surface area contributed by atoms with Crippen molar-refractivity contribution in [1.82, 2.24) is 9.97 Å². The number of halogens is 3. The number of aromatic nitrogens is 2. The van der Waals surface area contributed by atoms with Crippen LogP contribution in [0.25, 0.3) is 0 Å². The van der Waals surface area contributed by atoms with Crippen LogP contribution in [0, 0.1) is 0 Å². The molecule has 3 aromatic rings. The lowest BCUT2D eigenvalue weighted by Gasteiger charge is -2.29. The summed E-state index contributed by atoms with van der Waals surface area (Å²) in [6.07, 6.45) is -3.92. The van der Waals surface area contributed by atoms with Gasteiger partial charge in [0.2, 0.25) is 5.95 Å². The lowest BCUT2D eigenvalue weighted by Crippen LogP contribution is -2.36. The highest BCUT2D eigenvalue weighted by atomic mass is 19.4. The number of nitrogen functional groups attached to an aromatic ring is 1. The summed E-state index contributed by atoms with van der Waals surface area (Å²) in [4.78, 5) is 10.1. The van der Waals surface area contributed by atoms with E-state index in [4.69, 9.17) is 15.2 Å². The van der Waals surface area contributed by atoms with E-state index in [0.717, 1.165) is 25.0 Å². The van der Waals surface area contributed by atoms with E-state index in [1.54, 1.807) is 30.3 Å². The van der Waals surface area contributed by atoms with Crippen molar-refractivity contribution in [2.45, 2.75) is 6.18 Å². The molecule has 1 aliphatic heterocycles. The molecule has 4 rings (SSSR count). The Morgan fingerprint density at radius 1 is 1.06 bits per heavy atom. The Morgan fingerprint density at radius 2 is 1.82 bits per heavy atom. The van der Waals surface area contributed by atoms with Crippen molar-refractivity contribution in [2.75, 3.05) is 54.7 Å². The maximum atomic E-state index is 13.5. The maximum absolute atomic E-state index is 13.5. The molecule has 1 aliphatic rings. The van der Waals surface area contributed by atoms with Crippen molar-refractivity contribution < 1.29 is 22.6 Å². The molecule has 1 saturated heterocycles. The van der Waals surface area contributed by atoms with Crippen LogP contribution in [0.2, 0.25) is 0 Å². The Balaban J connectivity index is 1.63. The zero-order valence-corrected chi connectivity index (χ0v) is 17.8. The highest BCUT2D eigenvalue weighted by molar-refractivity contribution is 5.73. The van der Waals surface area contributed by atoms with Gasteiger partial charge in [-0.25, -0.2) is 4.98 Å². The number of nitrogens with one attached hydrogen (secondary N) is 2. The molecule has 0 bridgehead atoms. The van der Waals surface area contributed by atoms with Gasteiger partial charge >= 0.3 is 6.18 Å². The third-order valence-electron chi connectivity index (χ3n) is 5.12. The van der Waals surface area contributed by atoms with E-state index >= 15 is 0 Å². The minimum Gasteiger partial charge on any atom is -0.494 e. The number of anilines is 6. The summed E-state index contributed by atoms with van der Waals surface area (Å²) in [5.41, 5.74) is 6.93. The minimum atomic E-state index is -4.65. The number of nitrogens with two attached hydrogens (primary N) is 1. The molecule has 0 saturated carbocycles. The third-order valence-corrected chi connectivity index (χ3v) is 5.12. The largest absolute Gasteiger partial charge is 0.494 e. The number of ether oxygens (including phenoxy) is 2. The first-order chi connectivity index (χ1) is 15.8. The summed E-state index contributed by atoms with van der Waals surface area (Å²) in [6, 6.07) is 12.0. The molecule has 11 heteroatoms. The summed E-state index contributed by atoms with van der Waals surface area (Å²) in [6.45, 7) is 2.80. The van der Waals surface area contributed by atoms with E-state index in [2.05, 4.69) is 25.5 Å². The van der Waals surface area contributed by atoms with Crippen LogP contribution in [-0.4, -0.2) is 43.4 Å². The number of para-hydroxylation sites is 2. The summed E-state index contributed by atoms with van der Waals surface area (Å²) >= 11 is 0. The number of rotatable bonds is 6. The molecule has 2 heterocycles. The standard InChI is InChI=1S/C22H23F3N6O2/c1-32-19-12-14(31-8-10-33-11-9-31)6-7-18(19)29-21-27-13-15(22(23,24)25)20(30-21)28-17-5-3-2-4-16(17)26/h2-7,12-13H,8-11,26H2,1H3,(H2,27,28,29,30). The van der Waals surface area contributed by atoms with Gasteiger partial charge in [-0.2, -0.15) is 18.2 Å². The minimum absolute atomic E-state index is 0.0302. The van der Waals surface area contributed by atoms with Crippen LogP contribution < -0.4 is 26.0 Å². The summed E-state index contributed by atoms with van der Waals surface area (Å²) < 4.78 is 51.5. The Bertz CT molecular complexity index is 1120. The second-order valence-corrected chi connectivity index (χ2v) is 7.27. The van der Waals surface area contributed by atoms with Gasteiger partial charge in [-0.15, -0.1) is 0 Å². The topological polar surface area (TPSA) is 97.6 Å². The van der Waals surface area contributed by atoms with Gasteiger partial charge in [0, 0.05) is 31.0 Å². The molecule has 0 unspecified atom stereocenters. The van der Waals surface area contributed by atoms with Gasteiger partial charge < -0.3 is 30.7 Å². The molecule has 1 fully saturated rings. The van der Waals surface area contributed by atoms with Gasteiger partial charge in [-0.1, -0.05) is 12.1 Å². The van der Waals surface area contributed by atoms with Gasteiger partial charge in [0.25, 0.3) is 0 Å². The number of hydrogen-bond donors (Lipinski definition) is 3. The van der Waals surface area contributed by atoms with E-state index in [9.17, 15) is 13.2 Å². The fourth-order valence-corrected chi connectivity index (χ4v) is 3.41. The summed E-state index contributed by atoms with van der Waals surface area (Å²) in [7, 11) is 1.52. The molecular formula is C22H23F3N6O2. The van der Waals surface area contributed by atoms with Crippen molar-refractivity contribution in [3.63, 3.8) is 0 Å². The molecule has 0 radical (unpaired) electrons. The number of nitrogens with zero attached hydrogens (tertiary/aromatic N) is 3. The van der Waals surface area contributed by atoms with Crippen LogP contribution in [0.5, 0.6) is 5.75 Å². The van der Waals surface area contributed by atoms with Gasteiger partial charge in [-0.3, -0.25) is 0 Å². The molecule has 4 N–H and O–H groups in total. The van der Waals surface area contributed by atoms with Crippen molar-refractivity contribution in [1.29, 1.82) is 0 Å². The second-order valence-electron chi connectivity index (χ2n) is 7.27. The van der Waals surface area contributed by atoms with Crippen LogP contribution >= 0.6 is 0 Å². The zero-order valence-electron chi connectivity index (χ0n) is 17.8. The van der Waals surface area contributed by atoms with E-state index < -0.39 is 17.6 Å². The monoisotopic (exact) mass is 460 g/mol. The van der Waals surface area contributed by atoms with Gasteiger partial charge in [-0.05, 0) is 24.3 Å². The SMILES string of the molecule is COc1cc(N2CCOCC2)ccc1Nc1ncc(C(F)(F)F)c(Nc2ccccc2N)n1. The van der Waals surface area contributed by atoms with Crippen LogP contribution in [0.15, 0.2) is 48.7 Å². The fourth-order valence-electron chi connectivity index (χ4n) is 3.41. The highest BCUT2D eigenvalue weighted by Gasteiger charge is 2.35. The van der Waals surface area contributed by atoms with Crippen LogP contribution in [0.1, 0.15) is 5.56 Å². The first-order valence-corrected chi connectivity index (χ1v) is 10.2. The van der Waals surface area contributed by atoms with Crippen molar-refractivity contribution in [2.24, 2.45) is 0 Å². The lowest BCUT2D eigenvalue weighted by molar-refractivity contribution is -0.137. The number of hydrogen-bond acceptors (Lipinski definition) is 8. The number of methoxy groups -OCH3 is 1. The average molecular weight is 460 g/mol. The van der Waals surface area contributed by atoms with E-state index in [-0.39, 0.29) is 5.95 Å². The predicted molar refractivity (Wildman–Crippen MR) is 120 cm³/mol. The number of alkyl halides is 3. The molecule has 0 atom stereocenters. The molecular weight excluding hydrogens is 437 g/mol. The molecule has 1 aromatic heterocycles. The van der Waals surface area contributed by atoms with Crippen LogP contribution in [-0.2, 0) is 10.9 Å². The number of morpholine rings is 1. The van der Waals surface area contributed by atoms with Crippen molar-refractivity contribution in [3.8, 4) is 5.75 Å². The Hall–Kier alpha value is -3.73. The maximum Gasteiger partial charge on any atom is 0.421 e. The third kappa shape index (κ3) is 5.20. The predicted octanol–water partition coefficient (Wildman–Crippen LogP) is 4.41. The van der Waals surface area contributed by atoms with E-state index in [1.807, 2.05) is 12.1 Å². The second kappa shape index (κ2) is 9.41. The first-order valence-electron chi connectivity index (χ1n) is 10.2. The molecule has 174 valence electrons. The summed E-state index contributed by atoms with van der Waals surface area (Å²) in [5.74, 6) is 0.0588. The molecule has 0 amide bonds. The first kappa shape index (κ1) is 22.5. The van der Waals surface area contributed by atoms with Gasteiger partial charge in [0.05, 0.1) is 37.4 Å². The Kier molecular flexibility index (Phi) is 6.40.